The van der Waals surface area contributed by atoms with Crippen molar-refractivity contribution in [3.8, 4) is 44.5 Å². The third-order valence-electron chi connectivity index (χ3n) is 12.9. The van der Waals surface area contributed by atoms with Crippen LogP contribution in [0.25, 0.3) is 44.5 Å². The summed E-state index contributed by atoms with van der Waals surface area (Å²) in [5, 5.41) is 0. The quantitative estimate of drug-likeness (QED) is 0.120. The zero-order chi connectivity index (χ0) is 46.1. The van der Waals surface area contributed by atoms with E-state index in [4.69, 9.17) is 0 Å². The molecule has 0 nitrogen and oxygen atoms in total. The first-order valence-corrected chi connectivity index (χ1v) is 26.3. The van der Waals surface area contributed by atoms with Crippen molar-refractivity contribution in [1.82, 2.24) is 0 Å². The van der Waals surface area contributed by atoms with Crippen LogP contribution in [0.2, 0.25) is 0 Å². The SMILES string of the molecule is CC(C)c1cc(C(C)C)c(-c2cccc(-c3c(C(C)C)cc(C(C)C)cc3C(C)C)[c]2[GeH2])c(C(C)C)c1.Cc1cc(C)c(-c2cccc(-c3c(C)cc(C)cc3C)[c]2[Sn])c(C)c1. The Balaban J connectivity index is 0.000000252. The van der Waals surface area contributed by atoms with Crippen LogP contribution in [0, 0.1) is 41.5 Å². The Morgan fingerprint density at radius 3 is 0.855 bits per heavy atom. The molecule has 0 spiro atoms. The predicted octanol–water partition coefficient (Wildman–Crippen LogP) is 15.7. The second-order valence-corrected chi connectivity index (χ2v) is 23.1. The van der Waals surface area contributed by atoms with Crippen molar-refractivity contribution < 1.29 is 0 Å². The summed E-state index contributed by atoms with van der Waals surface area (Å²) in [6.07, 6.45) is 0. The van der Waals surface area contributed by atoms with Crippen LogP contribution in [0.5, 0.6) is 0 Å². The molecule has 4 radical (unpaired) electrons. The third kappa shape index (κ3) is 10.6. The molecule has 0 fully saturated rings. The molecular formula is C60H76GeSn. The fourth-order valence-electron chi connectivity index (χ4n) is 9.77. The molecule has 0 N–H and O–H groups in total. The molecule has 0 unspecified atom stereocenters. The Hall–Kier alpha value is -3.34. The Kier molecular flexibility index (Phi) is 16.6. The number of rotatable bonds is 10. The summed E-state index contributed by atoms with van der Waals surface area (Å²) in [7, 11) is 0. The molecule has 6 rings (SSSR count). The second kappa shape index (κ2) is 20.7. The molecule has 0 aliphatic heterocycles. The van der Waals surface area contributed by atoms with Gasteiger partial charge in [0.1, 0.15) is 0 Å². The first kappa shape index (κ1) is 49.7. The molecule has 6 aromatic carbocycles. The molecule has 0 aliphatic carbocycles. The third-order valence-corrected chi connectivity index (χ3v) is 16.1. The summed E-state index contributed by atoms with van der Waals surface area (Å²) in [5.74, 6) is 3.00. The maximum atomic E-state index is 2.50. The summed E-state index contributed by atoms with van der Waals surface area (Å²) < 4.78 is 2.99. The number of hydrogen-bond acceptors (Lipinski definition) is 0. The van der Waals surface area contributed by atoms with E-state index in [9.17, 15) is 0 Å². The zero-order valence-electron chi connectivity index (χ0n) is 41.8. The molecule has 62 heavy (non-hydrogen) atoms. The standard InChI is InChI=1S/C36H51Ge.C24H25.Sn/c1-20(2)26-16-30(22(5)6)34(31(17-26)23(7)8)28-14-13-15-29(36(28)37)35-32(24(9)10)18-27(21(3)4)19-33(35)25(11)12;1-15-10-17(3)23(18(4)11-15)21-8-7-9-22(14-21)24-19(5)12-16(2)13-20(24)6;/h13-25H,37H2,1-12H3;7-13H,1-6H3;. The molecule has 2 heteroatoms. The van der Waals surface area contributed by atoms with Gasteiger partial charge < -0.3 is 0 Å². The summed E-state index contributed by atoms with van der Waals surface area (Å²) in [6, 6.07) is 33.1. The molecule has 0 aliphatic rings. The minimum atomic E-state index is 0.483. The van der Waals surface area contributed by atoms with Gasteiger partial charge in [-0.15, -0.1) is 0 Å². The van der Waals surface area contributed by atoms with Crippen LogP contribution in [0.1, 0.15) is 185 Å². The van der Waals surface area contributed by atoms with Crippen molar-refractivity contribution in [3.05, 3.63) is 152 Å². The molecule has 324 valence electrons. The van der Waals surface area contributed by atoms with E-state index in [1.807, 2.05) is 0 Å². The van der Waals surface area contributed by atoms with Gasteiger partial charge in [-0.2, -0.15) is 0 Å². The minimum absolute atomic E-state index is 0.483. The molecule has 0 heterocycles. The number of aryl methyl sites for hydroxylation is 6. The van der Waals surface area contributed by atoms with Gasteiger partial charge >= 0.3 is 403 Å². The van der Waals surface area contributed by atoms with Crippen molar-refractivity contribution in [3.63, 3.8) is 0 Å². The van der Waals surface area contributed by atoms with Crippen LogP contribution in [0.3, 0.4) is 0 Å². The van der Waals surface area contributed by atoms with Gasteiger partial charge in [-0.05, 0) is 0 Å². The van der Waals surface area contributed by atoms with Crippen molar-refractivity contribution in [1.29, 1.82) is 0 Å². The van der Waals surface area contributed by atoms with E-state index in [-0.39, 0.29) is 0 Å². The molecule has 0 amide bonds. The average molecular weight is 989 g/mol. The normalized spacial score (nSPS) is 11.8. The van der Waals surface area contributed by atoms with Gasteiger partial charge in [0.05, 0.1) is 0 Å². The fraction of sp³-hybridized carbons (Fsp3) is 0.400. The van der Waals surface area contributed by atoms with E-state index in [0.29, 0.717) is 35.5 Å². The second-order valence-electron chi connectivity index (χ2n) is 20.2. The van der Waals surface area contributed by atoms with E-state index >= 15 is 0 Å². The molecular weight excluding hydrogens is 912 g/mol. The first-order chi connectivity index (χ1) is 29.0. The fourth-order valence-corrected chi connectivity index (χ4v) is 12.2. The number of hydrogen-bond donors (Lipinski definition) is 0. The van der Waals surface area contributed by atoms with Crippen LogP contribution in [-0.4, -0.2) is 39.0 Å². The van der Waals surface area contributed by atoms with E-state index < -0.39 is 0 Å². The maximum absolute atomic E-state index is 2.50. The molecule has 0 bridgehead atoms. The monoisotopic (exact) mass is 990 g/mol. The molecule has 6 aromatic rings. The van der Waals surface area contributed by atoms with Gasteiger partial charge in [0.15, 0.2) is 0 Å². The van der Waals surface area contributed by atoms with Crippen molar-refractivity contribution in [2.45, 2.75) is 160 Å². The van der Waals surface area contributed by atoms with Crippen LogP contribution in [0.4, 0.5) is 0 Å². The molecule has 0 saturated heterocycles. The summed E-state index contributed by atoms with van der Waals surface area (Å²) in [4.78, 5) is 0. The Morgan fingerprint density at radius 2 is 0.613 bits per heavy atom. The van der Waals surface area contributed by atoms with Gasteiger partial charge in [-0.3, -0.25) is 0 Å². The molecule has 0 aromatic heterocycles. The zero-order valence-corrected chi connectivity index (χ0v) is 47.6. The summed E-state index contributed by atoms with van der Waals surface area (Å²) in [5.41, 5.74) is 28.6. The van der Waals surface area contributed by atoms with Crippen LogP contribution >= 0.6 is 0 Å². The first-order valence-electron chi connectivity index (χ1n) is 23.4. The van der Waals surface area contributed by atoms with Crippen molar-refractivity contribution >= 4 is 47.0 Å². The molecule has 0 saturated carbocycles. The van der Waals surface area contributed by atoms with Crippen LogP contribution < -0.4 is 7.98 Å². The van der Waals surface area contributed by atoms with Gasteiger partial charge in [0.2, 0.25) is 0 Å². The summed E-state index contributed by atoms with van der Waals surface area (Å²) in [6.45, 7) is 41.5. The van der Waals surface area contributed by atoms with Gasteiger partial charge in [0, 0.05) is 0 Å². The van der Waals surface area contributed by atoms with E-state index in [0.717, 1.165) is 16.5 Å². The Morgan fingerprint density at radius 1 is 0.355 bits per heavy atom. The van der Waals surface area contributed by atoms with Gasteiger partial charge in [0.25, 0.3) is 0 Å². The van der Waals surface area contributed by atoms with Gasteiger partial charge in [-0.25, -0.2) is 0 Å². The van der Waals surface area contributed by atoms with Crippen LogP contribution in [-0.2, 0) is 0 Å². The van der Waals surface area contributed by atoms with E-state index in [1.165, 1.54) is 142 Å². The average Bonchev–Trinajstić information content (AvgIpc) is 3.17. The van der Waals surface area contributed by atoms with E-state index in [1.54, 1.807) is 0 Å². The summed E-state index contributed by atoms with van der Waals surface area (Å²) >= 11 is 2.61. The Bertz CT molecular complexity index is 2280. The topological polar surface area (TPSA) is 0 Å². The van der Waals surface area contributed by atoms with Crippen LogP contribution in [0.15, 0.2) is 84.9 Å². The van der Waals surface area contributed by atoms with E-state index in [2.05, 4.69) is 210 Å². The van der Waals surface area contributed by atoms with Crippen molar-refractivity contribution in [2.24, 2.45) is 0 Å². The van der Waals surface area contributed by atoms with Gasteiger partial charge in [-0.1, -0.05) is 0 Å². The van der Waals surface area contributed by atoms with Crippen molar-refractivity contribution in [2.75, 3.05) is 0 Å². The predicted molar refractivity (Wildman–Crippen MR) is 281 cm³/mol. The Labute approximate surface area is 400 Å². The number of benzene rings is 6. The molecule has 0 atom stereocenters.